The average molecular weight is 258 g/mol. The van der Waals surface area contributed by atoms with E-state index < -0.39 is 18.0 Å². The third-order valence-electron chi connectivity index (χ3n) is 2.81. The zero-order chi connectivity index (χ0) is 13.5. The first-order valence-electron chi connectivity index (χ1n) is 6.15. The second-order valence-electron chi connectivity index (χ2n) is 4.56. The van der Waals surface area contributed by atoms with Crippen LogP contribution in [-0.4, -0.2) is 61.8 Å². The number of nitrogens with zero attached hydrogens (tertiary/aromatic N) is 1. The number of imide groups is 1. The molecular weight excluding hydrogens is 236 g/mol. The van der Waals surface area contributed by atoms with Gasteiger partial charge < -0.3 is 15.8 Å². The molecule has 7 nitrogen and oxygen atoms in total. The Morgan fingerprint density at radius 3 is 2.50 bits per heavy atom. The van der Waals surface area contributed by atoms with Crippen molar-refractivity contribution in [2.24, 2.45) is 5.73 Å². The van der Waals surface area contributed by atoms with E-state index in [9.17, 15) is 9.59 Å². The summed E-state index contributed by atoms with van der Waals surface area (Å²) in [4.78, 5) is 24.3. The van der Waals surface area contributed by atoms with Crippen molar-refractivity contribution in [3.63, 3.8) is 0 Å². The highest BCUT2D eigenvalue weighted by atomic mass is 16.5. The minimum absolute atomic E-state index is 0.150. The van der Waals surface area contributed by atoms with Crippen LogP contribution in [0.15, 0.2) is 0 Å². The van der Waals surface area contributed by atoms with Crippen molar-refractivity contribution < 1.29 is 14.3 Å². The minimum atomic E-state index is -0.825. The molecule has 7 heteroatoms. The van der Waals surface area contributed by atoms with E-state index in [1.165, 1.54) is 0 Å². The average Bonchev–Trinajstić information content (AvgIpc) is 2.29. The molecule has 0 aromatic heterocycles. The van der Waals surface area contributed by atoms with Crippen molar-refractivity contribution in [3.05, 3.63) is 0 Å². The van der Waals surface area contributed by atoms with Crippen LogP contribution in [0.4, 0.5) is 4.79 Å². The molecule has 3 amide bonds. The lowest BCUT2D eigenvalue weighted by molar-refractivity contribution is -0.121. The molecule has 1 aliphatic heterocycles. The number of nitrogens with two attached hydrogens (primary N) is 1. The Labute approximate surface area is 107 Å². The summed E-state index contributed by atoms with van der Waals surface area (Å²) in [5.41, 5.74) is 4.89. The maximum absolute atomic E-state index is 11.5. The summed E-state index contributed by atoms with van der Waals surface area (Å²) in [7, 11) is 0. The quantitative estimate of drug-likeness (QED) is 0.580. The molecule has 2 atom stereocenters. The van der Waals surface area contributed by atoms with Gasteiger partial charge in [-0.3, -0.25) is 15.0 Å². The van der Waals surface area contributed by atoms with E-state index in [0.717, 1.165) is 32.8 Å². The van der Waals surface area contributed by atoms with Crippen LogP contribution in [0.5, 0.6) is 0 Å². The second-order valence-corrected chi connectivity index (χ2v) is 4.56. The van der Waals surface area contributed by atoms with Gasteiger partial charge in [0.1, 0.15) is 0 Å². The van der Waals surface area contributed by atoms with E-state index in [0.29, 0.717) is 0 Å². The van der Waals surface area contributed by atoms with Crippen molar-refractivity contribution >= 4 is 11.9 Å². The number of nitrogens with one attached hydrogen (secondary N) is 2. The third-order valence-corrected chi connectivity index (χ3v) is 2.81. The fourth-order valence-electron chi connectivity index (χ4n) is 1.96. The Balaban J connectivity index is 2.27. The number of hydrogen-bond donors (Lipinski definition) is 3. The smallest absolute Gasteiger partial charge is 0.318 e. The molecule has 1 rings (SSSR count). The van der Waals surface area contributed by atoms with Crippen LogP contribution in [0.1, 0.15) is 13.8 Å². The lowest BCUT2D eigenvalue weighted by Gasteiger charge is -2.30. The Morgan fingerprint density at radius 2 is 1.94 bits per heavy atom. The van der Waals surface area contributed by atoms with E-state index in [4.69, 9.17) is 10.5 Å². The molecule has 2 unspecified atom stereocenters. The van der Waals surface area contributed by atoms with Gasteiger partial charge in [-0.05, 0) is 13.8 Å². The number of morpholine rings is 1. The molecule has 0 saturated carbocycles. The summed E-state index contributed by atoms with van der Waals surface area (Å²) in [6, 6.07) is -1.13. The van der Waals surface area contributed by atoms with E-state index in [1.54, 1.807) is 6.92 Å². The first-order chi connectivity index (χ1) is 8.49. The molecule has 0 radical (unpaired) electrons. The van der Waals surface area contributed by atoms with Gasteiger partial charge in [-0.2, -0.15) is 0 Å². The normalized spacial score (nSPS) is 20.1. The lowest BCUT2D eigenvalue weighted by atomic mass is 10.2. The summed E-state index contributed by atoms with van der Waals surface area (Å²) >= 11 is 0. The Hall–Kier alpha value is -1.18. The van der Waals surface area contributed by atoms with Crippen molar-refractivity contribution in [2.45, 2.75) is 25.9 Å². The van der Waals surface area contributed by atoms with Crippen LogP contribution < -0.4 is 16.4 Å². The molecule has 1 aliphatic rings. The number of carbonyl (C=O) groups excluding carboxylic acids is 2. The molecule has 0 aliphatic carbocycles. The fraction of sp³-hybridized carbons (Fsp3) is 0.818. The molecule has 0 aromatic rings. The van der Waals surface area contributed by atoms with Crippen LogP contribution >= 0.6 is 0 Å². The number of ether oxygens (including phenoxy) is 1. The first-order valence-corrected chi connectivity index (χ1v) is 6.15. The van der Waals surface area contributed by atoms with Crippen molar-refractivity contribution in [2.75, 3.05) is 32.8 Å². The Kier molecular flexibility index (Phi) is 6.03. The number of hydrogen-bond acceptors (Lipinski definition) is 5. The van der Waals surface area contributed by atoms with Crippen LogP contribution in [0.25, 0.3) is 0 Å². The van der Waals surface area contributed by atoms with E-state index >= 15 is 0 Å². The summed E-state index contributed by atoms with van der Waals surface area (Å²) in [6.07, 6.45) is 0. The molecule has 4 N–H and O–H groups in total. The van der Waals surface area contributed by atoms with Crippen LogP contribution in [-0.2, 0) is 9.53 Å². The molecule has 1 fully saturated rings. The van der Waals surface area contributed by atoms with E-state index in [1.807, 2.05) is 6.92 Å². The molecule has 18 heavy (non-hydrogen) atoms. The van der Waals surface area contributed by atoms with Gasteiger partial charge in [0, 0.05) is 25.7 Å². The molecular formula is C11H22N4O3. The van der Waals surface area contributed by atoms with Gasteiger partial charge in [-0.15, -0.1) is 0 Å². The van der Waals surface area contributed by atoms with Crippen LogP contribution in [0.3, 0.4) is 0 Å². The monoisotopic (exact) mass is 258 g/mol. The molecule has 104 valence electrons. The van der Waals surface area contributed by atoms with Gasteiger partial charge in [-0.25, -0.2) is 4.79 Å². The molecule has 1 heterocycles. The predicted molar refractivity (Wildman–Crippen MR) is 67.0 cm³/mol. The number of carbonyl (C=O) groups is 2. The van der Waals surface area contributed by atoms with Gasteiger partial charge in [0.25, 0.3) is 0 Å². The van der Waals surface area contributed by atoms with Crippen LogP contribution in [0, 0.1) is 0 Å². The van der Waals surface area contributed by atoms with Crippen molar-refractivity contribution in [3.8, 4) is 0 Å². The second kappa shape index (κ2) is 7.30. The van der Waals surface area contributed by atoms with Crippen molar-refractivity contribution in [1.82, 2.24) is 15.5 Å². The van der Waals surface area contributed by atoms with Gasteiger partial charge in [0.2, 0.25) is 5.91 Å². The van der Waals surface area contributed by atoms with E-state index in [-0.39, 0.29) is 6.04 Å². The number of amides is 3. The maximum atomic E-state index is 11.5. The van der Waals surface area contributed by atoms with Crippen LogP contribution in [0.2, 0.25) is 0 Å². The molecule has 0 spiro atoms. The Bertz CT molecular complexity index is 292. The SMILES string of the molecule is CC(CN1CCOCC1)NC(C)C(=O)NC(N)=O. The number of urea groups is 1. The van der Waals surface area contributed by atoms with E-state index in [2.05, 4.69) is 15.5 Å². The molecule has 1 saturated heterocycles. The summed E-state index contributed by atoms with van der Waals surface area (Å²) in [5, 5.41) is 5.19. The Morgan fingerprint density at radius 1 is 1.33 bits per heavy atom. The summed E-state index contributed by atoms with van der Waals surface area (Å²) in [6.45, 7) is 7.88. The third kappa shape index (κ3) is 5.44. The lowest BCUT2D eigenvalue weighted by Crippen LogP contribution is -2.52. The number of rotatable bonds is 5. The fourth-order valence-corrected chi connectivity index (χ4v) is 1.96. The zero-order valence-electron chi connectivity index (χ0n) is 10.9. The first kappa shape index (κ1) is 14.9. The largest absolute Gasteiger partial charge is 0.379 e. The predicted octanol–water partition coefficient (Wildman–Crippen LogP) is -1.12. The zero-order valence-corrected chi connectivity index (χ0v) is 10.9. The van der Waals surface area contributed by atoms with Gasteiger partial charge in [-0.1, -0.05) is 0 Å². The minimum Gasteiger partial charge on any atom is -0.379 e. The topological polar surface area (TPSA) is 96.7 Å². The highest BCUT2D eigenvalue weighted by molar-refractivity contribution is 5.96. The molecule has 0 bridgehead atoms. The van der Waals surface area contributed by atoms with Gasteiger partial charge in [0.15, 0.2) is 0 Å². The maximum Gasteiger partial charge on any atom is 0.318 e. The number of primary amides is 1. The van der Waals surface area contributed by atoms with Crippen molar-refractivity contribution in [1.29, 1.82) is 0 Å². The highest BCUT2D eigenvalue weighted by Gasteiger charge is 2.19. The highest BCUT2D eigenvalue weighted by Crippen LogP contribution is 1.99. The molecule has 0 aromatic carbocycles. The van der Waals surface area contributed by atoms with Gasteiger partial charge >= 0.3 is 6.03 Å². The summed E-state index contributed by atoms with van der Waals surface area (Å²) < 4.78 is 5.27. The standard InChI is InChI=1S/C11H22N4O3/c1-8(7-15-3-5-18-6-4-15)13-9(2)10(16)14-11(12)17/h8-9,13H,3-7H2,1-2H3,(H3,12,14,16,17). The van der Waals surface area contributed by atoms with Gasteiger partial charge in [0.05, 0.1) is 19.3 Å². The summed E-state index contributed by atoms with van der Waals surface area (Å²) in [5.74, 6) is -0.406.